The summed E-state index contributed by atoms with van der Waals surface area (Å²) >= 11 is 0. The van der Waals surface area contributed by atoms with E-state index in [1.54, 1.807) is 0 Å². The maximum Gasteiger partial charge on any atom is 0.334 e. The molecule has 0 aromatic carbocycles. The summed E-state index contributed by atoms with van der Waals surface area (Å²) in [6, 6.07) is 0. The van der Waals surface area contributed by atoms with Crippen molar-refractivity contribution in [2.24, 2.45) is 17.3 Å². The zero-order valence-electron chi connectivity index (χ0n) is 11.4. The van der Waals surface area contributed by atoms with E-state index >= 15 is 0 Å². The Morgan fingerprint density at radius 3 is 2.84 bits per heavy atom. The molecule has 0 radical (unpaired) electrons. The van der Waals surface area contributed by atoms with Crippen LogP contribution in [0.5, 0.6) is 0 Å². The molecule has 2 aliphatic heterocycles. The SMILES string of the molecule is C=C1C(=O)O[C@@H]2C[C@]3(O)[C@H]4O[C@H]4C[C@H](C)[C@@]3(C)C[C@H]12. The maximum atomic E-state index is 11.7. The van der Waals surface area contributed by atoms with E-state index in [0.717, 1.165) is 12.8 Å². The molecule has 2 heterocycles. The van der Waals surface area contributed by atoms with Crippen LogP contribution in [0.1, 0.15) is 33.1 Å². The topological polar surface area (TPSA) is 59.1 Å². The number of rotatable bonds is 0. The summed E-state index contributed by atoms with van der Waals surface area (Å²) in [5.74, 6) is 0.156. The van der Waals surface area contributed by atoms with Crippen LogP contribution in [0.4, 0.5) is 0 Å². The molecule has 104 valence electrons. The minimum atomic E-state index is -0.860. The molecule has 4 aliphatic rings. The van der Waals surface area contributed by atoms with Gasteiger partial charge in [-0.25, -0.2) is 4.79 Å². The summed E-state index contributed by atoms with van der Waals surface area (Å²) in [5, 5.41) is 11.2. The van der Waals surface area contributed by atoms with Gasteiger partial charge in [0.05, 0.1) is 6.10 Å². The van der Waals surface area contributed by atoms with Gasteiger partial charge in [-0.2, -0.15) is 0 Å². The smallest absolute Gasteiger partial charge is 0.334 e. The van der Waals surface area contributed by atoms with Crippen molar-refractivity contribution in [1.29, 1.82) is 0 Å². The van der Waals surface area contributed by atoms with Crippen molar-refractivity contribution < 1.29 is 19.4 Å². The highest BCUT2D eigenvalue weighted by Gasteiger charge is 2.71. The minimum absolute atomic E-state index is 0.0653. The number of fused-ring (bicyclic) bond motifs is 4. The second kappa shape index (κ2) is 3.23. The molecule has 0 bridgehead atoms. The van der Waals surface area contributed by atoms with Gasteiger partial charge in [0.25, 0.3) is 0 Å². The van der Waals surface area contributed by atoms with Crippen LogP contribution in [0, 0.1) is 17.3 Å². The number of epoxide rings is 1. The fraction of sp³-hybridized carbons (Fsp3) is 0.800. The molecular weight excluding hydrogens is 244 g/mol. The van der Waals surface area contributed by atoms with Crippen LogP contribution in [0.25, 0.3) is 0 Å². The van der Waals surface area contributed by atoms with Crippen LogP contribution < -0.4 is 0 Å². The van der Waals surface area contributed by atoms with Gasteiger partial charge in [-0.3, -0.25) is 0 Å². The number of carbonyl (C=O) groups is 1. The first-order valence-electron chi connectivity index (χ1n) is 7.14. The lowest BCUT2D eigenvalue weighted by Gasteiger charge is -2.55. The molecule has 7 atom stereocenters. The third-order valence-electron chi connectivity index (χ3n) is 6.29. The molecule has 2 saturated carbocycles. The average molecular weight is 264 g/mol. The van der Waals surface area contributed by atoms with Crippen molar-refractivity contribution >= 4 is 5.97 Å². The Kier molecular flexibility index (Phi) is 2.03. The lowest BCUT2D eigenvalue weighted by Crippen LogP contribution is -2.63. The lowest BCUT2D eigenvalue weighted by atomic mass is 9.50. The predicted molar refractivity (Wildman–Crippen MR) is 67.2 cm³/mol. The molecule has 0 amide bonds. The van der Waals surface area contributed by atoms with Gasteiger partial charge in [-0.1, -0.05) is 20.4 Å². The number of aliphatic hydroxyl groups is 1. The van der Waals surface area contributed by atoms with Crippen molar-refractivity contribution in [3.8, 4) is 0 Å². The summed E-state index contributed by atoms with van der Waals surface area (Å²) in [7, 11) is 0. The van der Waals surface area contributed by atoms with Crippen LogP contribution >= 0.6 is 0 Å². The fourth-order valence-electron chi connectivity index (χ4n) is 4.70. The van der Waals surface area contributed by atoms with Gasteiger partial charge in [-0.15, -0.1) is 0 Å². The number of hydrogen-bond acceptors (Lipinski definition) is 4. The van der Waals surface area contributed by atoms with Crippen LogP contribution in [-0.4, -0.2) is 35.0 Å². The molecule has 2 aliphatic carbocycles. The zero-order valence-corrected chi connectivity index (χ0v) is 11.4. The zero-order chi connectivity index (χ0) is 13.6. The van der Waals surface area contributed by atoms with Gasteiger partial charge >= 0.3 is 5.97 Å². The summed E-state index contributed by atoms with van der Waals surface area (Å²) in [6.45, 7) is 8.20. The highest BCUT2D eigenvalue weighted by Crippen LogP contribution is 2.64. The Morgan fingerprint density at radius 2 is 2.11 bits per heavy atom. The Balaban J connectivity index is 1.75. The summed E-state index contributed by atoms with van der Waals surface area (Å²) in [4.78, 5) is 11.7. The van der Waals surface area contributed by atoms with Gasteiger partial charge in [0, 0.05) is 23.3 Å². The first-order chi connectivity index (χ1) is 8.87. The molecule has 0 unspecified atom stereocenters. The number of carbonyl (C=O) groups excluding carboxylic acids is 1. The van der Waals surface area contributed by atoms with Gasteiger partial charge in [0.2, 0.25) is 0 Å². The lowest BCUT2D eigenvalue weighted by molar-refractivity contribution is -0.187. The van der Waals surface area contributed by atoms with Crippen molar-refractivity contribution in [2.45, 2.75) is 57.0 Å². The summed E-state index contributed by atoms with van der Waals surface area (Å²) in [6.07, 6.45) is 2.18. The molecule has 19 heavy (non-hydrogen) atoms. The summed E-state index contributed by atoms with van der Waals surface area (Å²) in [5.41, 5.74) is -0.497. The largest absolute Gasteiger partial charge is 0.458 e. The Bertz CT molecular complexity index is 487. The van der Waals surface area contributed by atoms with E-state index in [2.05, 4.69) is 20.4 Å². The first-order valence-corrected chi connectivity index (χ1v) is 7.14. The normalized spacial score (nSPS) is 59.0. The van der Waals surface area contributed by atoms with E-state index in [4.69, 9.17) is 9.47 Å². The van der Waals surface area contributed by atoms with Crippen LogP contribution in [-0.2, 0) is 14.3 Å². The number of ether oxygens (including phenoxy) is 2. The average Bonchev–Trinajstić information content (AvgIpc) is 3.06. The van der Waals surface area contributed by atoms with E-state index in [1.165, 1.54) is 0 Å². The monoisotopic (exact) mass is 264 g/mol. The van der Waals surface area contributed by atoms with E-state index < -0.39 is 5.60 Å². The van der Waals surface area contributed by atoms with Gasteiger partial charge in [0.1, 0.15) is 17.8 Å². The van der Waals surface area contributed by atoms with E-state index in [0.29, 0.717) is 17.9 Å². The molecular formula is C15H20O4. The second-order valence-electron chi connectivity index (χ2n) is 7.06. The fourth-order valence-corrected chi connectivity index (χ4v) is 4.70. The maximum absolute atomic E-state index is 11.7. The molecule has 2 saturated heterocycles. The molecule has 4 nitrogen and oxygen atoms in total. The second-order valence-corrected chi connectivity index (χ2v) is 7.06. The van der Waals surface area contributed by atoms with Crippen molar-refractivity contribution in [3.63, 3.8) is 0 Å². The summed E-state index contributed by atoms with van der Waals surface area (Å²) < 4.78 is 11.1. The van der Waals surface area contributed by atoms with Crippen LogP contribution in [0.2, 0.25) is 0 Å². The molecule has 0 spiro atoms. The van der Waals surface area contributed by atoms with E-state index in [9.17, 15) is 9.90 Å². The molecule has 4 rings (SSSR count). The highest BCUT2D eigenvalue weighted by molar-refractivity contribution is 5.90. The Labute approximate surface area is 112 Å². The van der Waals surface area contributed by atoms with Gasteiger partial charge in [-0.05, 0) is 18.8 Å². The molecule has 4 fully saturated rings. The highest BCUT2D eigenvalue weighted by atomic mass is 16.6. The van der Waals surface area contributed by atoms with Gasteiger partial charge in [0.15, 0.2) is 0 Å². The minimum Gasteiger partial charge on any atom is -0.458 e. The number of esters is 1. The van der Waals surface area contributed by atoms with Crippen LogP contribution in [0.15, 0.2) is 12.2 Å². The van der Waals surface area contributed by atoms with Crippen molar-refractivity contribution in [3.05, 3.63) is 12.2 Å². The Morgan fingerprint density at radius 1 is 1.37 bits per heavy atom. The van der Waals surface area contributed by atoms with Crippen molar-refractivity contribution in [2.75, 3.05) is 0 Å². The third kappa shape index (κ3) is 1.24. The quantitative estimate of drug-likeness (QED) is 0.408. The molecule has 1 N–H and O–H groups in total. The van der Waals surface area contributed by atoms with Gasteiger partial charge < -0.3 is 14.6 Å². The molecule has 0 aromatic heterocycles. The van der Waals surface area contributed by atoms with E-state index in [-0.39, 0.29) is 35.6 Å². The van der Waals surface area contributed by atoms with Crippen molar-refractivity contribution in [1.82, 2.24) is 0 Å². The molecule has 4 heteroatoms. The standard InChI is InChI=1S/C15H20O4/c1-7-4-10-12(18-10)15(17)6-11-9(5-14(7,15)3)8(2)13(16)19-11/h7,9-12,17H,2,4-6H2,1,3H3/t7-,9+,10-,11+,12-,14+,15-/m0/s1. The predicted octanol–water partition coefficient (Wildman–Crippen LogP) is 1.42. The molecule has 0 aromatic rings. The Hall–Kier alpha value is -0.870. The van der Waals surface area contributed by atoms with Crippen LogP contribution in [0.3, 0.4) is 0 Å². The number of hydrogen-bond donors (Lipinski definition) is 1. The first kappa shape index (κ1) is 11.9. The van der Waals surface area contributed by atoms with E-state index in [1.807, 2.05) is 0 Å². The third-order valence-corrected chi connectivity index (χ3v) is 6.29.